The molecule has 1 atom stereocenters. The number of halogens is 4. The van der Waals surface area contributed by atoms with Gasteiger partial charge in [-0.1, -0.05) is 0 Å². The number of nitrogens with one attached hydrogen (secondary N) is 1. The first kappa shape index (κ1) is 17.7. The van der Waals surface area contributed by atoms with E-state index in [1.807, 2.05) is 0 Å². The molecule has 1 aromatic carbocycles. The Hall–Kier alpha value is -1.38. The van der Waals surface area contributed by atoms with Crippen molar-refractivity contribution in [3.63, 3.8) is 0 Å². The molecule has 120 valence electrons. The van der Waals surface area contributed by atoms with Crippen molar-refractivity contribution >= 4 is 5.69 Å². The minimum atomic E-state index is -4.76. The van der Waals surface area contributed by atoms with Crippen LogP contribution in [0.4, 0.5) is 23.2 Å². The van der Waals surface area contributed by atoms with Crippen LogP contribution in [0.2, 0.25) is 0 Å². The van der Waals surface area contributed by atoms with Crippen LogP contribution in [0.15, 0.2) is 18.2 Å². The van der Waals surface area contributed by atoms with E-state index in [2.05, 4.69) is 5.32 Å². The molecular weight excluding hydrogens is 294 g/mol. The van der Waals surface area contributed by atoms with Crippen LogP contribution in [0.1, 0.15) is 5.56 Å². The number of hydrogen-bond acceptors (Lipinski definition) is 4. The topological polar surface area (TPSA) is 50.7 Å². The molecule has 1 rings (SSSR count). The second-order valence-electron chi connectivity index (χ2n) is 4.29. The van der Waals surface area contributed by atoms with Gasteiger partial charge in [0.25, 0.3) is 0 Å². The van der Waals surface area contributed by atoms with E-state index in [1.54, 1.807) is 0 Å². The van der Waals surface area contributed by atoms with Crippen molar-refractivity contribution in [2.45, 2.75) is 12.3 Å². The first-order chi connectivity index (χ1) is 9.84. The Morgan fingerprint density at radius 2 is 2.00 bits per heavy atom. The summed E-state index contributed by atoms with van der Waals surface area (Å²) in [6.45, 7) is 0.689. The lowest BCUT2D eigenvalue weighted by Gasteiger charge is -2.15. The first-order valence-electron chi connectivity index (χ1n) is 6.20. The molecule has 1 aromatic rings. The van der Waals surface area contributed by atoms with Crippen molar-refractivity contribution in [3.8, 4) is 0 Å². The molecule has 8 heteroatoms. The second-order valence-corrected chi connectivity index (χ2v) is 4.29. The predicted octanol–water partition coefficient (Wildman–Crippen LogP) is 2.28. The van der Waals surface area contributed by atoms with Crippen molar-refractivity contribution in [3.05, 3.63) is 29.6 Å². The standard InChI is InChI=1S/C13H17F4NO3/c1-20-4-5-21-8-10(19)7-18-9-2-3-12(14)11(6-9)13(15,16)17/h2-3,6,10,18-19H,4-5,7-8H2,1H3. The third-order valence-corrected chi connectivity index (χ3v) is 2.56. The molecule has 0 saturated heterocycles. The molecule has 2 N–H and O–H groups in total. The normalized spacial score (nSPS) is 13.2. The summed E-state index contributed by atoms with van der Waals surface area (Å²) in [5, 5.41) is 12.2. The Morgan fingerprint density at radius 3 is 2.62 bits per heavy atom. The van der Waals surface area contributed by atoms with Gasteiger partial charge in [-0.05, 0) is 18.2 Å². The fourth-order valence-electron chi connectivity index (χ4n) is 1.51. The minimum Gasteiger partial charge on any atom is -0.389 e. The smallest absolute Gasteiger partial charge is 0.389 e. The fraction of sp³-hybridized carbons (Fsp3) is 0.538. The number of aliphatic hydroxyl groups excluding tert-OH is 1. The molecule has 1 unspecified atom stereocenters. The molecule has 0 spiro atoms. The largest absolute Gasteiger partial charge is 0.419 e. The molecule has 4 nitrogen and oxygen atoms in total. The van der Waals surface area contributed by atoms with Gasteiger partial charge in [0.2, 0.25) is 0 Å². The number of aliphatic hydroxyl groups is 1. The highest BCUT2D eigenvalue weighted by Gasteiger charge is 2.34. The van der Waals surface area contributed by atoms with Crippen molar-refractivity contribution in [1.82, 2.24) is 0 Å². The maximum Gasteiger partial charge on any atom is 0.419 e. The number of alkyl halides is 3. The maximum atomic E-state index is 13.1. The fourth-order valence-corrected chi connectivity index (χ4v) is 1.51. The van der Waals surface area contributed by atoms with Crippen LogP contribution < -0.4 is 5.32 Å². The summed E-state index contributed by atoms with van der Waals surface area (Å²) >= 11 is 0. The summed E-state index contributed by atoms with van der Waals surface area (Å²) < 4.78 is 60.4. The van der Waals surface area contributed by atoms with E-state index in [-0.39, 0.29) is 18.8 Å². The van der Waals surface area contributed by atoms with E-state index in [1.165, 1.54) is 13.2 Å². The average molecular weight is 311 g/mol. The van der Waals surface area contributed by atoms with Gasteiger partial charge in [0.1, 0.15) is 5.82 Å². The molecule has 0 aliphatic heterocycles. The summed E-state index contributed by atoms with van der Waals surface area (Å²) in [5.41, 5.74) is -1.28. The number of rotatable bonds is 8. The van der Waals surface area contributed by atoms with E-state index in [0.717, 1.165) is 6.07 Å². The predicted molar refractivity (Wildman–Crippen MR) is 68.6 cm³/mol. The minimum absolute atomic E-state index is 0.0175. The van der Waals surface area contributed by atoms with Crippen LogP contribution in [0.5, 0.6) is 0 Å². The number of methoxy groups -OCH3 is 1. The Kier molecular flexibility index (Phi) is 6.86. The molecule has 0 aromatic heterocycles. The molecule has 0 bridgehead atoms. The van der Waals surface area contributed by atoms with Gasteiger partial charge in [-0.2, -0.15) is 13.2 Å². The third-order valence-electron chi connectivity index (χ3n) is 2.56. The third kappa shape index (κ3) is 6.28. The van der Waals surface area contributed by atoms with Crippen LogP contribution in [0.3, 0.4) is 0 Å². The van der Waals surface area contributed by atoms with Gasteiger partial charge in [-0.25, -0.2) is 4.39 Å². The van der Waals surface area contributed by atoms with E-state index >= 15 is 0 Å². The number of hydrogen-bond donors (Lipinski definition) is 2. The van der Waals surface area contributed by atoms with Gasteiger partial charge in [0, 0.05) is 19.3 Å². The number of anilines is 1. The molecule has 0 aliphatic rings. The SMILES string of the molecule is COCCOCC(O)CNc1ccc(F)c(C(F)(F)F)c1. The number of ether oxygens (including phenoxy) is 2. The highest BCUT2D eigenvalue weighted by Crippen LogP contribution is 2.32. The van der Waals surface area contributed by atoms with Gasteiger partial charge < -0.3 is 19.9 Å². The molecule has 0 saturated carbocycles. The van der Waals surface area contributed by atoms with Gasteiger partial charge >= 0.3 is 6.18 Å². The molecule has 0 heterocycles. The molecule has 0 fully saturated rings. The Balaban J connectivity index is 2.48. The molecule has 0 radical (unpaired) electrons. The van der Waals surface area contributed by atoms with Crippen molar-refractivity contribution in [2.24, 2.45) is 0 Å². The second kappa shape index (κ2) is 8.16. The maximum absolute atomic E-state index is 13.1. The molecule has 0 aliphatic carbocycles. The monoisotopic (exact) mass is 311 g/mol. The lowest BCUT2D eigenvalue weighted by molar-refractivity contribution is -0.139. The lowest BCUT2D eigenvalue weighted by atomic mass is 10.1. The van der Waals surface area contributed by atoms with Gasteiger partial charge in [0.15, 0.2) is 0 Å². The Morgan fingerprint density at radius 1 is 1.29 bits per heavy atom. The van der Waals surface area contributed by atoms with E-state index < -0.39 is 23.7 Å². The zero-order valence-corrected chi connectivity index (χ0v) is 11.4. The molecule has 21 heavy (non-hydrogen) atoms. The average Bonchev–Trinajstić information content (AvgIpc) is 2.41. The van der Waals surface area contributed by atoms with Crippen LogP contribution >= 0.6 is 0 Å². The molecular formula is C13H17F4NO3. The lowest BCUT2D eigenvalue weighted by Crippen LogP contribution is -2.25. The van der Waals surface area contributed by atoms with Crippen LogP contribution in [-0.2, 0) is 15.7 Å². The van der Waals surface area contributed by atoms with Gasteiger partial charge in [-0.3, -0.25) is 0 Å². The summed E-state index contributed by atoms with van der Waals surface area (Å²) in [6.07, 6.45) is -5.66. The highest BCUT2D eigenvalue weighted by molar-refractivity contribution is 5.47. The summed E-state index contributed by atoms with van der Waals surface area (Å²) in [4.78, 5) is 0. The van der Waals surface area contributed by atoms with E-state index in [4.69, 9.17) is 9.47 Å². The number of benzene rings is 1. The van der Waals surface area contributed by atoms with Gasteiger partial charge in [-0.15, -0.1) is 0 Å². The van der Waals surface area contributed by atoms with Crippen molar-refractivity contribution in [1.29, 1.82) is 0 Å². The van der Waals surface area contributed by atoms with E-state index in [0.29, 0.717) is 19.3 Å². The quantitative estimate of drug-likeness (QED) is 0.571. The summed E-state index contributed by atoms with van der Waals surface area (Å²) in [6, 6.07) is 2.56. The summed E-state index contributed by atoms with van der Waals surface area (Å²) in [5.74, 6) is -1.34. The molecule has 0 amide bonds. The first-order valence-corrected chi connectivity index (χ1v) is 6.20. The van der Waals surface area contributed by atoms with Crippen molar-refractivity contribution in [2.75, 3.05) is 38.8 Å². The van der Waals surface area contributed by atoms with Gasteiger partial charge in [0.05, 0.1) is 31.5 Å². The Bertz CT molecular complexity index is 440. The van der Waals surface area contributed by atoms with Crippen LogP contribution in [0, 0.1) is 5.82 Å². The highest BCUT2D eigenvalue weighted by atomic mass is 19.4. The Labute approximate surface area is 119 Å². The van der Waals surface area contributed by atoms with Crippen LogP contribution in [0.25, 0.3) is 0 Å². The van der Waals surface area contributed by atoms with Crippen LogP contribution in [-0.4, -0.2) is 44.7 Å². The van der Waals surface area contributed by atoms with Crippen molar-refractivity contribution < 1.29 is 32.1 Å². The van der Waals surface area contributed by atoms with E-state index in [9.17, 15) is 22.7 Å². The zero-order chi connectivity index (χ0) is 15.9. The zero-order valence-electron chi connectivity index (χ0n) is 11.4. The summed E-state index contributed by atoms with van der Waals surface area (Å²) in [7, 11) is 1.51.